The molecule has 1 atom stereocenters. The molecule has 0 fully saturated rings. The fourth-order valence-corrected chi connectivity index (χ4v) is 1.29. The molecule has 0 saturated heterocycles. The molecule has 15 heavy (non-hydrogen) atoms. The van der Waals surface area contributed by atoms with E-state index in [-0.39, 0.29) is 0 Å². The van der Waals surface area contributed by atoms with Crippen molar-refractivity contribution in [3.05, 3.63) is 30.1 Å². The zero-order valence-electron chi connectivity index (χ0n) is 9.23. The highest BCUT2D eigenvalue weighted by Crippen LogP contribution is 2.17. The van der Waals surface area contributed by atoms with Gasteiger partial charge in [-0.25, -0.2) is 0 Å². The van der Waals surface area contributed by atoms with Gasteiger partial charge >= 0.3 is 0 Å². The van der Waals surface area contributed by atoms with Gasteiger partial charge in [-0.3, -0.25) is 4.98 Å². The molecule has 0 aliphatic carbocycles. The van der Waals surface area contributed by atoms with E-state index < -0.39 is 5.60 Å². The van der Waals surface area contributed by atoms with Crippen LogP contribution in [0.1, 0.15) is 12.5 Å². The maximum atomic E-state index is 10.1. The lowest BCUT2D eigenvalue weighted by molar-refractivity contribution is 0.0546. The van der Waals surface area contributed by atoms with Gasteiger partial charge in [0, 0.05) is 38.2 Å². The average molecular weight is 210 g/mol. The summed E-state index contributed by atoms with van der Waals surface area (Å²) in [7, 11) is 1.65. The van der Waals surface area contributed by atoms with Crippen molar-refractivity contribution >= 4 is 0 Å². The number of ether oxygens (including phenoxy) is 1. The number of aliphatic hydroxyl groups is 1. The standard InChI is InChI=1S/C11H18N2O2/c1-11(14,9-13-6-7-15-2)10-4-3-5-12-8-10/h3-5,8,13-14H,6-7,9H2,1-2H3. The van der Waals surface area contributed by atoms with Crippen LogP contribution in [0, 0.1) is 0 Å². The third kappa shape index (κ3) is 3.95. The number of hydrogen-bond acceptors (Lipinski definition) is 4. The van der Waals surface area contributed by atoms with Crippen LogP contribution in [0.5, 0.6) is 0 Å². The Morgan fingerprint density at radius 2 is 2.40 bits per heavy atom. The number of pyridine rings is 1. The first-order valence-electron chi connectivity index (χ1n) is 4.99. The molecule has 84 valence electrons. The van der Waals surface area contributed by atoms with Crippen LogP contribution in [0.4, 0.5) is 0 Å². The molecule has 1 aromatic rings. The summed E-state index contributed by atoms with van der Waals surface area (Å²) in [5.41, 5.74) is -0.0722. The topological polar surface area (TPSA) is 54.4 Å². The molecule has 0 radical (unpaired) electrons. The quantitative estimate of drug-likeness (QED) is 0.672. The summed E-state index contributed by atoms with van der Waals surface area (Å²) in [5, 5.41) is 13.3. The van der Waals surface area contributed by atoms with Gasteiger partial charge in [-0.15, -0.1) is 0 Å². The fourth-order valence-electron chi connectivity index (χ4n) is 1.29. The minimum Gasteiger partial charge on any atom is -0.384 e. The Bertz CT molecular complexity index is 275. The van der Waals surface area contributed by atoms with E-state index in [9.17, 15) is 5.11 Å². The van der Waals surface area contributed by atoms with Crippen LogP contribution < -0.4 is 5.32 Å². The van der Waals surface area contributed by atoms with Crippen molar-refractivity contribution < 1.29 is 9.84 Å². The van der Waals surface area contributed by atoms with Gasteiger partial charge < -0.3 is 15.2 Å². The van der Waals surface area contributed by atoms with Crippen molar-refractivity contribution in [2.24, 2.45) is 0 Å². The van der Waals surface area contributed by atoms with Crippen molar-refractivity contribution in [2.45, 2.75) is 12.5 Å². The third-order valence-electron chi connectivity index (χ3n) is 2.24. The molecular formula is C11H18N2O2. The maximum Gasteiger partial charge on any atom is 0.101 e. The van der Waals surface area contributed by atoms with Gasteiger partial charge in [0.2, 0.25) is 0 Å². The van der Waals surface area contributed by atoms with Gasteiger partial charge in [-0.05, 0) is 13.0 Å². The number of rotatable bonds is 6. The minimum absolute atomic E-state index is 0.488. The molecule has 1 unspecified atom stereocenters. The molecule has 4 nitrogen and oxygen atoms in total. The van der Waals surface area contributed by atoms with Gasteiger partial charge in [-0.1, -0.05) is 6.07 Å². The molecular weight excluding hydrogens is 192 g/mol. The van der Waals surface area contributed by atoms with Crippen LogP contribution in [0.3, 0.4) is 0 Å². The zero-order chi connectivity index (χ0) is 11.1. The number of aromatic nitrogens is 1. The first-order valence-corrected chi connectivity index (χ1v) is 4.99. The van der Waals surface area contributed by atoms with Gasteiger partial charge in [-0.2, -0.15) is 0 Å². The molecule has 0 spiro atoms. The molecule has 0 aliphatic rings. The maximum absolute atomic E-state index is 10.1. The Morgan fingerprint density at radius 1 is 1.60 bits per heavy atom. The molecule has 0 aromatic carbocycles. The van der Waals surface area contributed by atoms with Crippen molar-refractivity contribution in [3.63, 3.8) is 0 Å². The second-order valence-corrected chi connectivity index (χ2v) is 3.69. The average Bonchev–Trinajstić information content (AvgIpc) is 2.26. The van der Waals surface area contributed by atoms with Crippen molar-refractivity contribution in [1.82, 2.24) is 10.3 Å². The van der Waals surface area contributed by atoms with Gasteiger partial charge in [0.25, 0.3) is 0 Å². The molecule has 0 aliphatic heterocycles. The molecule has 0 saturated carbocycles. The Hall–Kier alpha value is -0.970. The lowest BCUT2D eigenvalue weighted by atomic mass is 9.98. The summed E-state index contributed by atoms with van der Waals surface area (Å²) in [6, 6.07) is 3.68. The van der Waals surface area contributed by atoms with Gasteiger partial charge in [0.05, 0.1) is 6.61 Å². The Labute approximate surface area is 90.3 Å². The van der Waals surface area contributed by atoms with Crippen molar-refractivity contribution in [2.75, 3.05) is 26.8 Å². The third-order valence-corrected chi connectivity index (χ3v) is 2.24. The molecule has 4 heteroatoms. The minimum atomic E-state index is -0.887. The van der Waals surface area contributed by atoms with E-state index in [0.29, 0.717) is 13.2 Å². The largest absolute Gasteiger partial charge is 0.384 e. The summed E-state index contributed by atoms with van der Waals surface area (Å²) in [6.45, 7) is 3.63. The molecule has 0 amide bonds. The Kier molecular flexibility index (Phi) is 4.68. The van der Waals surface area contributed by atoms with E-state index in [1.54, 1.807) is 26.4 Å². The van der Waals surface area contributed by atoms with E-state index in [1.807, 2.05) is 12.1 Å². The van der Waals surface area contributed by atoms with E-state index >= 15 is 0 Å². The number of nitrogens with zero attached hydrogens (tertiary/aromatic N) is 1. The lowest BCUT2D eigenvalue weighted by Crippen LogP contribution is -2.36. The Morgan fingerprint density at radius 3 is 3.00 bits per heavy atom. The van der Waals surface area contributed by atoms with Crippen molar-refractivity contribution in [1.29, 1.82) is 0 Å². The van der Waals surface area contributed by atoms with Crippen LogP contribution >= 0.6 is 0 Å². The van der Waals surface area contributed by atoms with Gasteiger partial charge in [0.1, 0.15) is 5.60 Å². The van der Waals surface area contributed by atoms with E-state index in [1.165, 1.54) is 0 Å². The summed E-state index contributed by atoms with van der Waals surface area (Å²) in [6.07, 6.45) is 3.37. The summed E-state index contributed by atoms with van der Waals surface area (Å²) < 4.78 is 4.91. The number of hydrogen-bond donors (Lipinski definition) is 2. The number of methoxy groups -OCH3 is 1. The molecule has 0 bridgehead atoms. The van der Waals surface area contributed by atoms with Crippen molar-refractivity contribution in [3.8, 4) is 0 Å². The molecule has 2 N–H and O–H groups in total. The summed E-state index contributed by atoms with van der Waals surface area (Å²) in [4.78, 5) is 3.98. The normalized spacial score (nSPS) is 14.9. The predicted octanol–water partition coefficient (Wildman–Crippen LogP) is 0.525. The van der Waals surface area contributed by atoms with Crippen LogP contribution in [0.25, 0.3) is 0 Å². The van der Waals surface area contributed by atoms with E-state index in [0.717, 1.165) is 12.1 Å². The van der Waals surface area contributed by atoms with Crippen LogP contribution in [0.2, 0.25) is 0 Å². The Balaban J connectivity index is 2.45. The highest BCUT2D eigenvalue weighted by molar-refractivity contribution is 5.17. The monoisotopic (exact) mass is 210 g/mol. The summed E-state index contributed by atoms with van der Waals surface area (Å²) >= 11 is 0. The SMILES string of the molecule is COCCNCC(C)(O)c1cccnc1. The zero-order valence-corrected chi connectivity index (χ0v) is 9.23. The molecule has 1 heterocycles. The predicted molar refractivity (Wildman–Crippen MR) is 58.6 cm³/mol. The number of nitrogens with one attached hydrogen (secondary N) is 1. The van der Waals surface area contributed by atoms with Crippen LogP contribution in [-0.2, 0) is 10.3 Å². The van der Waals surface area contributed by atoms with Crippen LogP contribution in [0.15, 0.2) is 24.5 Å². The first-order chi connectivity index (χ1) is 7.17. The van der Waals surface area contributed by atoms with Crippen LogP contribution in [-0.4, -0.2) is 36.9 Å². The van der Waals surface area contributed by atoms with E-state index in [2.05, 4.69) is 10.3 Å². The second-order valence-electron chi connectivity index (χ2n) is 3.69. The molecule has 1 rings (SSSR count). The summed E-state index contributed by atoms with van der Waals surface area (Å²) in [5.74, 6) is 0. The van der Waals surface area contributed by atoms with Gasteiger partial charge in [0.15, 0.2) is 0 Å². The smallest absolute Gasteiger partial charge is 0.101 e. The lowest BCUT2D eigenvalue weighted by Gasteiger charge is -2.23. The first kappa shape index (κ1) is 12.1. The highest BCUT2D eigenvalue weighted by atomic mass is 16.5. The fraction of sp³-hybridized carbons (Fsp3) is 0.545. The molecule has 1 aromatic heterocycles. The highest BCUT2D eigenvalue weighted by Gasteiger charge is 2.22. The second kappa shape index (κ2) is 5.80. The van der Waals surface area contributed by atoms with E-state index in [4.69, 9.17) is 4.74 Å².